The van der Waals surface area contributed by atoms with Gasteiger partial charge in [0.25, 0.3) is 0 Å². The molecule has 1 N–H and O–H groups in total. The Bertz CT molecular complexity index is 1400. The molecule has 1 atom stereocenters. The molecule has 5 heterocycles. The van der Waals surface area contributed by atoms with Gasteiger partial charge in [0.15, 0.2) is 11.0 Å². The lowest BCUT2D eigenvalue weighted by Crippen LogP contribution is -2.21. The van der Waals surface area contributed by atoms with E-state index in [0.717, 1.165) is 53.4 Å². The van der Waals surface area contributed by atoms with Crippen LogP contribution in [-0.4, -0.2) is 50.9 Å². The first-order valence-corrected chi connectivity index (χ1v) is 12.7. The molecule has 0 spiro atoms. The van der Waals surface area contributed by atoms with Crippen molar-refractivity contribution in [3.05, 3.63) is 53.1 Å². The van der Waals surface area contributed by atoms with Crippen molar-refractivity contribution >= 4 is 64.7 Å². The molecule has 1 fully saturated rings. The fourth-order valence-electron chi connectivity index (χ4n) is 4.36. The van der Waals surface area contributed by atoms with Crippen LogP contribution in [0.15, 0.2) is 56.8 Å². The maximum atomic E-state index is 6.80. The van der Waals surface area contributed by atoms with Crippen molar-refractivity contribution < 1.29 is 0 Å². The minimum absolute atomic E-state index is 0.394. The van der Waals surface area contributed by atoms with E-state index in [9.17, 15) is 0 Å². The van der Waals surface area contributed by atoms with Crippen LogP contribution >= 0.6 is 23.4 Å². The Morgan fingerprint density at radius 3 is 2.97 bits per heavy atom. The Hall–Kier alpha value is -3.30. The SMILES string of the molecule is C=Nc1cc(Sc2nc(N3CCC(c4cccnc4)C3)c3c(Cl)c(CC)[nH]c3n2)cnc1/N=C\C. The minimum Gasteiger partial charge on any atom is -0.355 e. The van der Waals surface area contributed by atoms with Crippen molar-refractivity contribution in [2.45, 2.75) is 42.7 Å². The number of nitrogens with zero attached hydrogens (tertiary/aromatic N) is 7. The van der Waals surface area contributed by atoms with Crippen LogP contribution in [0.2, 0.25) is 5.02 Å². The number of H-pyrrole nitrogens is 1. The number of anilines is 1. The monoisotopic (exact) mass is 504 g/mol. The van der Waals surface area contributed by atoms with E-state index in [4.69, 9.17) is 21.6 Å². The molecule has 4 aromatic rings. The molecule has 5 rings (SSSR count). The number of rotatable bonds is 7. The van der Waals surface area contributed by atoms with Crippen LogP contribution in [0.5, 0.6) is 0 Å². The highest BCUT2D eigenvalue weighted by Gasteiger charge is 2.29. The molecule has 0 bridgehead atoms. The standard InChI is InChI=1S/C25H25ClN8S/c1-4-18-21(26)20-23(31-18)32-25(35-17-11-19(27-3)22(29-5-2)30-13-17)33-24(20)34-10-8-16(14-34)15-7-6-9-28-12-15/h5-7,9,11-13,16H,3-4,8,10,14H2,1-2H3,(H,31,32,33)/b29-5-. The number of halogens is 1. The lowest BCUT2D eigenvalue weighted by atomic mass is 10.0. The Kier molecular flexibility index (Phi) is 6.79. The molecular weight excluding hydrogens is 480 g/mol. The Labute approximate surface area is 213 Å². The molecule has 1 aliphatic rings. The van der Waals surface area contributed by atoms with Crippen molar-refractivity contribution in [1.29, 1.82) is 0 Å². The van der Waals surface area contributed by atoms with Gasteiger partial charge in [0.2, 0.25) is 0 Å². The van der Waals surface area contributed by atoms with E-state index in [2.05, 4.69) is 49.5 Å². The number of pyridine rings is 2. The smallest absolute Gasteiger partial charge is 0.196 e. The zero-order valence-electron chi connectivity index (χ0n) is 19.6. The lowest BCUT2D eigenvalue weighted by Gasteiger charge is -2.19. The predicted molar refractivity (Wildman–Crippen MR) is 143 cm³/mol. The molecule has 1 saturated heterocycles. The van der Waals surface area contributed by atoms with E-state index in [0.29, 0.717) is 27.6 Å². The predicted octanol–water partition coefficient (Wildman–Crippen LogP) is 6.16. The fraction of sp³-hybridized carbons (Fsp3) is 0.280. The van der Waals surface area contributed by atoms with Gasteiger partial charge in [-0.25, -0.2) is 19.9 Å². The van der Waals surface area contributed by atoms with Gasteiger partial charge in [-0.1, -0.05) is 24.6 Å². The summed E-state index contributed by atoms with van der Waals surface area (Å²) in [5, 5.41) is 2.18. The number of aliphatic imine (C=N–C) groups is 2. The summed E-state index contributed by atoms with van der Waals surface area (Å²) in [7, 11) is 0. The summed E-state index contributed by atoms with van der Waals surface area (Å²) < 4.78 is 0. The molecule has 178 valence electrons. The fourth-order valence-corrected chi connectivity index (χ4v) is 5.47. The quantitative estimate of drug-likeness (QED) is 0.239. The van der Waals surface area contributed by atoms with E-state index in [1.54, 1.807) is 12.4 Å². The molecule has 0 aliphatic carbocycles. The molecule has 0 saturated carbocycles. The number of fused-ring (bicyclic) bond motifs is 1. The van der Waals surface area contributed by atoms with Crippen LogP contribution in [0.4, 0.5) is 17.3 Å². The molecule has 10 heteroatoms. The number of hydrogen-bond acceptors (Lipinski definition) is 8. The second-order valence-electron chi connectivity index (χ2n) is 8.20. The first-order valence-electron chi connectivity index (χ1n) is 11.5. The van der Waals surface area contributed by atoms with Gasteiger partial charge in [0.1, 0.15) is 17.2 Å². The lowest BCUT2D eigenvalue weighted by molar-refractivity contribution is 0.768. The van der Waals surface area contributed by atoms with Gasteiger partial charge in [0, 0.05) is 54.4 Å². The van der Waals surface area contributed by atoms with Gasteiger partial charge in [-0.05, 0) is 55.9 Å². The highest BCUT2D eigenvalue weighted by atomic mass is 35.5. The van der Waals surface area contributed by atoms with E-state index < -0.39 is 0 Å². The largest absolute Gasteiger partial charge is 0.355 e. The molecule has 1 unspecified atom stereocenters. The second-order valence-corrected chi connectivity index (χ2v) is 9.62. The third kappa shape index (κ3) is 4.66. The van der Waals surface area contributed by atoms with Gasteiger partial charge in [-0.3, -0.25) is 9.98 Å². The van der Waals surface area contributed by atoms with Crippen LogP contribution in [0.3, 0.4) is 0 Å². The average molecular weight is 505 g/mol. The number of nitrogens with one attached hydrogen (secondary N) is 1. The second kappa shape index (κ2) is 10.1. The zero-order chi connectivity index (χ0) is 24.4. The molecule has 35 heavy (non-hydrogen) atoms. The van der Waals surface area contributed by atoms with Gasteiger partial charge < -0.3 is 9.88 Å². The Morgan fingerprint density at radius 2 is 2.23 bits per heavy atom. The third-order valence-corrected chi connectivity index (χ3v) is 7.31. The summed E-state index contributed by atoms with van der Waals surface area (Å²) in [5.74, 6) is 1.78. The summed E-state index contributed by atoms with van der Waals surface area (Å²) >= 11 is 8.22. The summed E-state index contributed by atoms with van der Waals surface area (Å²) in [5.41, 5.74) is 3.56. The molecule has 1 aliphatic heterocycles. The zero-order valence-corrected chi connectivity index (χ0v) is 21.1. The molecule has 0 amide bonds. The number of hydrogen-bond donors (Lipinski definition) is 1. The summed E-state index contributed by atoms with van der Waals surface area (Å²) in [6, 6.07) is 6.03. The Morgan fingerprint density at radius 1 is 1.34 bits per heavy atom. The number of aromatic amines is 1. The van der Waals surface area contributed by atoms with Crippen molar-refractivity contribution in [2.75, 3.05) is 18.0 Å². The highest BCUT2D eigenvalue weighted by molar-refractivity contribution is 7.99. The average Bonchev–Trinajstić information content (AvgIpc) is 3.50. The van der Waals surface area contributed by atoms with Crippen molar-refractivity contribution in [3.8, 4) is 0 Å². The van der Waals surface area contributed by atoms with Gasteiger partial charge in [-0.15, -0.1) is 0 Å². The van der Waals surface area contributed by atoms with E-state index in [1.807, 2.05) is 31.5 Å². The maximum absolute atomic E-state index is 6.80. The van der Waals surface area contributed by atoms with Gasteiger partial charge in [0.05, 0.1) is 10.4 Å². The van der Waals surface area contributed by atoms with Gasteiger partial charge in [-0.2, -0.15) is 0 Å². The van der Waals surface area contributed by atoms with Crippen LogP contribution in [0.25, 0.3) is 11.0 Å². The third-order valence-electron chi connectivity index (χ3n) is 6.07. The molecule has 0 aromatic carbocycles. The summed E-state index contributed by atoms with van der Waals surface area (Å²) in [6.07, 6.45) is 9.01. The van der Waals surface area contributed by atoms with Crippen molar-refractivity contribution in [2.24, 2.45) is 9.98 Å². The van der Waals surface area contributed by atoms with E-state index in [1.165, 1.54) is 17.3 Å². The van der Waals surface area contributed by atoms with E-state index >= 15 is 0 Å². The first-order chi connectivity index (χ1) is 17.1. The van der Waals surface area contributed by atoms with Crippen LogP contribution in [-0.2, 0) is 6.42 Å². The molecule has 0 radical (unpaired) electrons. The summed E-state index contributed by atoms with van der Waals surface area (Å²) in [4.78, 5) is 33.4. The molecule has 8 nitrogen and oxygen atoms in total. The van der Waals surface area contributed by atoms with Crippen molar-refractivity contribution in [3.63, 3.8) is 0 Å². The minimum atomic E-state index is 0.394. The van der Waals surface area contributed by atoms with Crippen LogP contribution in [0, 0.1) is 0 Å². The van der Waals surface area contributed by atoms with E-state index in [-0.39, 0.29) is 0 Å². The Balaban J connectivity index is 1.53. The first kappa shape index (κ1) is 23.4. The maximum Gasteiger partial charge on any atom is 0.196 e. The molecular formula is C25H25ClN8S. The normalized spacial score (nSPS) is 16.0. The topological polar surface area (TPSA) is 95.3 Å². The summed E-state index contributed by atoms with van der Waals surface area (Å²) in [6.45, 7) is 9.29. The van der Waals surface area contributed by atoms with Gasteiger partial charge >= 0.3 is 0 Å². The highest BCUT2D eigenvalue weighted by Crippen LogP contribution is 2.40. The molecule has 4 aromatic heterocycles. The van der Waals surface area contributed by atoms with Crippen LogP contribution in [0.1, 0.15) is 37.4 Å². The van der Waals surface area contributed by atoms with Crippen LogP contribution < -0.4 is 4.90 Å². The number of aromatic nitrogens is 5. The number of aryl methyl sites for hydroxylation is 1. The van der Waals surface area contributed by atoms with Crippen molar-refractivity contribution in [1.82, 2.24) is 24.9 Å².